The molecule has 1 aliphatic heterocycles. The Bertz CT molecular complexity index is 1010. The van der Waals surface area contributed by atoms with E-state index in [1.807, 2.05) is 6.92 Å². The molecule has 0 amide bonds. The van der Waals surface area contributed by atoms with Crippen molar-refractivity contribution in [3.63, 3.8) is 0 Å². The van der Waals surface area contributed by atoms with E-state index in [0.717, 1.165) is 53.2 Å². The topological polar surface area (TPSA) is 62.2 Å². The van der Waals surface area contributed by atoms with E-state index in [9.17, 15) is 0 Å². The van der Waals surface area contributed by atoms with E-state index in [-0.39, 0.29) is 0 Å². The van der Waals surface area contributed by atoms with Crippen LogP contribution in [0.4, 0.5) is 5.13 Å². The zero-order valence-corrected chi connectivity index (χ0v) is 16.7. The van der Waals surface area contributed by atoms with E-state index in [0.29, 0.717) is 0 Å². The van der Waals surface area contributed by atoms with Crippen LogP contribution in [0.3, 0.4) is 0 Å². The lowest BCUT2D eigenvalue weighted by atomic mass is 9.94. The largest absolute Gasteiger partial charge is 0.356 e. The Balaban J connectivity index is 1.66. The third-order valence-electron chi connectivity index (χ3n) is 4.75. The third-order valence-corrected chi connectivity index (χ3v) is 5.51. The molecule has 0 atom stereocenters. The molecular formula is C21H23N5S. The van der Waals surface area contributed by atoms with Gasteiger partial charge in [-0.25, -0.2) is 4.98 Å². The molecule has 0 spiro atoms. The zero-order chi connectivity index (χ0) is 18.8. The van der Waals surface area contributed by atoms with Crippen molar-refractivity contribution in [1.82, 2.24) is 15.3 Å². The molecule has 2 N–H and O–H groups in total. The molecule has 1 aromatic carbocycles. The minimum Gasteiger partial charge on any atom is -0.356 e. The van der Waals surface area contributed by atoms with Crippen molar-refractivity contribution in [2.24, 2.45) is 4.99 Å². The fourth-order valence-electron chi connectivity index (χ4n) is 3.35. The summed E-state index contributed by atoms with van der Waals surface area (Å²) in [4.78, 5) is 13.8. The highest BCUT2D eigenvalue weighted by molar-refractivity contribution is 7.14. The van der Waals surface area contributed by atoms with Gasteiger partial charge in [-0.05, 0) is 44.4 Å². The van der Waals surface area contributed by atoms with Gasteiger partial charge in [0.25, 0.3) is 0 Å². The maximum Gasteiger partial charge on any atom is 0.197 e. The highest BCUT2D eigenvalue weighted by Crippen LogP contribution is 2.34. The number of nitrogens with zero attached hydrogens (tertiary/aromatic N) is 3. The van der Waals surface area contributed by atoms with Crippen molar-refractivity contribution in [2.75, 3.05) is 18.4 Å². The lowest BCUT2D eigenvalue weighted by Gasteiger charge is -2.14. The smallest absolute Gasteiger partial charge is 0.197 e. The monoisotopic (exact) mass is 377 g/mol. The van der Waals surface area contributed by atoms with Crippen LogP contribution in [0.25, 0.3) is 22.4 Å². The van der Waals surface area contributed by atoms with Gasteiger partial charge in [0.15, 0.2) is 11.1 Å². The van der Waals surface area contributed by atoms with Gasteiger partial charge in [0, 0.05) is 41.0 Å². The Labute approximate surface area is 163 Å². The first-order valence-electron chi connectivity index (χ1n) is 9.17. The number of hydrogen-bond donors (Lipinski definition) is 2. The molecule has 3 heterocycles. The Morgan fingerprint density at radius 3 is 2.63 bits per heavy atom. The first-order chi connectivity index (χ1) is 13.1. The van der Waals surface area contributed by atoms with Gasteiger partial charge in [0.1, 0.15) is 0 Å². The molecule has 4 rings (SSSR count). The van der Waals surface area contributed by atoms with Crippen LogP contribution in [0, 0.1) is 20.8 Å². The summed E-state index contributed by atoms with van der Waals surface area (Å²) < 4.78 is 0. The van der Waals surface area contributed by atoms with Crippen LogP contribution in [0.2, 0.25) is 0 Å². The van der Waals surface area contributed by atoms with Crippen molar-refractivity contribution >= 4 is 22.4 Å². The molecule has 0 saturated carbocycles. The Morgan fingerprint density at radius 2 is 1.85 bits per heavy atom. The van der Waals surface area contributed by atoms with Crippen LogP contribution in [-0.2, 0) is 0 Å². The second-order valence-electron chi connectivity index (χ2n) is 6.74. The Hall–Kier alpha value is -2.73. The molecule has 0 unspecified atom stereocenters. The van der Waals surface area contributed by atoms with E-state index in [1.165, 1.54) is 16.7 Å². The van der Waals surface area contributed by atoms with Crippen LogP contribution >= 0.6 is 11.3 Å². The number of aliphatic imine (C=N–C) groups is 1. The average molecular weight is 378 g/mol. The molecule has 3 aromatic rings. The number of guanidine groups is 1. The van der Waals surface area contributed by atoms with Crippen LogP contribution < -0.4 is 10.6 Å². The first-order valence-corrected chi connectivity index (χ1v) is 10.1. The van der Waals surface area contributed by atoms with Crippen LogP contribution in [0.15, 0.2) is 40.7 Å². The summed E-state index contributed by atoms with van der Waals surface area (Å²) in [5.74, 6) is 0.814. The summed E-state index contributed by atoms with van der Waals surface area (Å²) >= 11 is 1.60. The van der Waals surface area contributed by atoms with Crippen LogP contribution in [0.5, 0.6) is 0 Å². The van der Waals surface area contributed by atoms with Crippen molar-refractivity contribution < 1.29 is 0 Å². The van der Waals surface area contributed by atoms with Crippen molar-refractivity contribution in [2.45, 2.75) is 27.2 Å². The van der Waals surface area contributed by atoms with Crippen LogP contribution in [0.1, 0.15) is 23.4 Å². The molecule has 6 heteroatoms. The highest BCUT2D eigenvalue weighted by atomic mass is 32.1. The summed E-state index contributed by atoms with van der Waals surface area (Å²) in [5, 5.41) is 9.51. The van der Waals surface area contributed by atoms with Gasteiger partial charge >= 0.3 is 0 Å². The molecule has 2 aromatic heterocycles. The van der Waals surface area contributed by atoms with Gasteiger partial charge < -0.3 is 10.6 Å². The second-order valence-corrected chi connectivity index (χ2v) is 7.60. The molecule has 0 aliphatic carbocycles. The van der Waals surface area contributed by atoms with Gasteiger partial charge in [0.2, 0.25) is 0 Å². The molecule has 5 nitrogen and oxygen atoms in total. The molecule has 1 aliphatic rings. The summed E-state index contributed by atoms with van der Waals surface area (Å²) in [6.45, 7) is 8.06. The third kappa shape index (κ3) is 3.71. The second kappa shape index (κ2) is 7.48. The molecule has 0 fully saturated rings. The summed E-state index contributed by atoms with van der Waals surface area (Å²) in [6, 6.07) is 10.6. The number of aromatic nitrogens is 2. The number of rotatable bonds is 3. The summed E-state index contributed by atoms with van der Waals surface area (Å²) in [7, 11) is 0. The van der Waals surface area contributed by atoms with Gasteiger partial charge in [-0.15, -0.1) is 11.3 Å². The van der Waals surface area contributed by atoms with E-state index in [4.69, 9.17) is 4.98 Å². The molecular weight excluding hydrogens is 354 g/mol. The van der Waals surface area contributed by atoms with E-state index in [1.54, 1.807) is 11.3 Å². The number of thiazole rings is 1. The summed E-state index contributed by atoms with van der Waals surface area (Å²) in [6.07, 6.45) is 1.08. The number of anilines is 1. The van der Waals surface area contributed by atoms with Crippen molar-refractivity contribution in [3.8, 4) is 22.4 Å². The number of nitrogens with one attached hydrogen (secondary N) is 2. The fraction of sp³-hybridized carbons (Fsp3) is 0.286. The Kier molecular flexibility index (Phi) is 4.90. The van der Waals surface area contributed by atoms with Gasteiger partial charge in [0.05, 0.1) is 5.69 Å². The van der Waals surface area contributed by atoms with Crippen molar-refractivity contribution in [1.29, 1.82) is 0 Å². The average Bonchev–Trinajstić information content (AvgIpc) is 3.11. The van der Waals surface area contributed by atoms with E-state index < -0.39 is 0 Å². The maximum absolute atomic E-state index is 4.78. The normalized spacial score (nSPS) is 13.8. The highest BCUT2D eigenvalue weighted by Gasteiger charge is 2.14. The number of benzene rings is 1. The molecule has 0 radical (unpaired) electrons. The van der Waals surface area contributed by atoms with Gasteiger partial charge in [-0.3, -0.25) is 9.98 Å². The number of pyridine rings is 1. The lowest BCUT2D eigenvalue weighted by Crippen LogP contribution is -2.35. The van der Waals surface area contributed by atoms with E-state index >= 15 is 0 Å². The lowest BCUT2D eigenvalue weighted by molar-refractivity contribution is 0.740. The maximum atomic E-state index is 4.78. The number of hydrogen-bond acceptors (Lipinski definition) is 6. The van der Waals surface area contributed by atoms with Crippen LogP contribution in [-0.4, -0.2) is 29.0 Å². The first kappa shape index (κ1) is 17.7. The molecule has 0 bridgehead atoms. The quantitative estimate of drug-likeness (QED) is 0.702. The standard InChI is InChI=1S/C21H23N5S/c1-13-8-9-18(15(3)24-13)16-6-4-7-17(14(16)2)19-12-27-21(25-19)26-20-22-10-5-11-23-20/h4,6-9,12H,5,10-11H2,1-3H3,(H2,22,23,25,26). The Morgan fingerprint density at radius 1 is 1.00 bits per heavy atom. The molecule has 0 saturated heterocycles. The van der Waals surface area contributed by atoms with E-state index in [2.05, 4.69) is 70.2 Å². The van der Waals surface area contributed by atoms with Gasteiger partial charge in [-0.1, -0.05) is 24.3 Å². The number of aryl methyl sites for hydroxylation is 2. The van der Waals surface area contributed by atoms with Gasteiger partial charge in [-0.2, -0.15) is 0 Å². The minimum absolute atomic E-state index is 0.814. The molecule has 138 valence electrons. The zero-order valence-electron chi connectivity index (χ0n) is 15.8. The molecule has 27 heavy (non-hydrogen) atoms. The SMILES string of the molecule is Cc1ccc(-c2cccc(-c3csc(NC4=NCCCN4)n3)c2C)c(C)n1. The predicted molar refractivity (Wildman–Crippen MR) is 114 cm³/mol. The predicted octanol–water partition coefficient (Wildman–Crippen LogP) is 4.56. The summed E-state index contributed by atoms with van der Waals surface area (Å²) in [5.41, 5.74) is 7.83. The minimum atomic E-state index is 0.814. The van der Waals surface area contributed by atoms with Crippen molar-refractivity contribution in [3.05, 3.63) is 52.7 Å². The fourth-order valence-corrected chi connectivity index (χ4v) is 4.06.